The second kappa shape index (κ2) is 16.4. The second-order valence-electron chi connectivity index (χ2n) is 6.90. The Labute approximate surface area is 211 Å². The molecular weight excluding hydrogens is 496 g/mol. The maximum absolute atomic E-state index is 6.31. The minimum absolute atomic E-state index is 0.0310. The highest BCUT2D eigenvalue weighted by Gasteiger charge is 2.14. The predicted octanol–water partition coefficient (Wildman–Crippen LogP) is 7.74. The van der Waals surface area contributed by atoms with Crippen LogP contribution in [0, 0.1) is 0 Å². The highest BCUT2D eigenvalue weighted by molar-refractivity contribution is 6.56. The van der Waals surface area contributed by atoms with E-state index >= 15 is 0 Å². The monoisotopic (exact) mass is 525 g/mol. The van der Waals surface area contributed by atoms with Gasteiger partial charge in [0.25, 0.3) is 0 Å². The van der Waals surface area contributed by atoms with Gasteiger partial charge in [0.05, 0.1) is 12.7 Å². The Kier molecular flexibility index (Phi) is 14.7. The molecule has 180 valence electrons. The van der Waals surface area contributed by atoms with Gasteiger partial charge in [-0.1, -0.05) is 65.4 Å². The lowest BCUT2D eigenvalue weighted by atomic mass is 10.0. The van der Waals surface area contributed by atoms with Crippen LogP contribution in [0.25, 0.3) is 0 Å². The first kappa shape index (κ1) is 28.8. The molecule has 0 aliphatic heterocycles. The number of benzene rings is 1. The summed E-state index contributed by atoms with van der Waals surface area (Å²) in [6.45, 7) is 9.01. The molecule has 0 saturated carbocycles. The van der Waals surface area contributed by atoms with Crippen molar-refractivity contribution >= 4 is 52.3 Å². The van der Waals surface area contributed by atoms with Crippen LogP contribution in [0.1, 0.15) is 51.7 Å². The van der Waals surface area contributed by atoms with Crippen LogP contribution in [-0.4, -0.2) is 31.8 Å². The summed E-state index contributed by atoms with van der Waals surface area (Å²) in [6.07, 6.45) is 6.46. The molecule has 0 aliphatic carbocycles. The maximum Gasteiger partial charge on any atom is 0.222 e. The van der Waals surface area contributed by atoms with Crippen LogP contribution in [0.2, 0.25) is 0 Å². The third-order valence-corrected chi connectivity index (χ3v) is 4.97. The van der Waals surface area contributed by atoms with Gasteiger partial charge in [-0.15, -0.1) is 0 Å². The maximum atomic E-state index is 6.31. The van der Waals surface area contributed by atoms with Gasteiger partial charge in [-0.25, -0.2) is 0 Å². The third-order valence-electron chi connectivity index (χ3n) is 4.36. The lowest BCUT2D eigenvalue weighted by Gasteiger charge is -2.21. The number of oxime groups is 1. The molecule has 0 bridgehead atoms. The van der Waals surface area contributed by atoms with Crippen molar-refractivity contribution in [2.45, 2.75) is 59.5 Å². The van der Waals surface area contributed by atoms with E-state index in [0.717, 1.165) is 48.3 Å². The first-order valence-corrected chi connectivity index (χ1v) is 12.0. The highest BCUT2D eigenvalue weighted by atomic mass is 35.5. The largest absolute Gasteiger partial charge is 0.490 e. The zero-order chi connectivity index (χ0) is 23.9. The minimum Gasteiger partial charge on any atom is -0.490 e. The quantitative estimate of drug-likeness (QED) is 0.108. The molecule has 0 radical (unpaired) electrons. The second-order valence-corrected chi connectivity index (χ2v) is 8.92. The van der Waals surface area contributed by atoms with Crippen molar-refractivity contribution in [1.82, 2.24) is 0 Å². The van der Waals surface area contributed by atoms with Crippen molar-refractivity contribution in [2.75, 3.05) is 19.8 Å². The SMILES string of the molecule is CCc1cc(OCC=C(Cl)Cl)cc(CC)c1OC(C)CCCOC(C)=NOCC=C(Cl)Cl. The highest BCUT2D eigenvalue weighted by Crippen LogP contribution is 2.32. The van der Waals surface area contributed by atoms with E-state index < -0.39 is 0 Å². The fraction of sp³-hybridized carbons (Fsp3) is 0.522. The van der Waals surface area contributed by atoms with Crippen LogP contribution in [0.3, 0.4) is 0 Å². The number of halogens is 4. The standard InChI is InChI=1S/C23H31Cl4NO4/c1-5-18-14-20(30-12-9-21(24)25)15-19(6-2)23(18)32-16(3)8-7-11-29-17(4)28-31-13-10-22(26)27/h9-10,14-16H,5-8,11-13H2,1-4H3. The van der Waals surface area contributed by atoms with Crippen molar-refractivity contribution < 1.29 is 19.0 Å². The Hall–Kier alpha value is -1.27. The number of ether oxygens (including phenoxy) is 3. The normalized spacial score (nSPS) is 12.1. The fourth-order valence-electron chi connectivity index (χ4n) is 2.79. The first-order chi connectivity index (χ1) is 15.3. The number of nitrogens with zero attached hydrogens (tertiary/aromatic N) is 1. The predicted molar refractivity (Wildman–Crippen MR) is 135 cm³/mol. The van der Waals surface area contributed by atoms with Gasteiger partial charge in [-0.05, 0) is 68.0 Å². The van der Waals surface area contributed by atoms with E-state index in [1.165, 1.54) is 6.08 Å². The summed E-state index contributed by atoms with van der Waals surface area (Å²) in [5.41, 5.74) is 2.21. The molecule has 0 N–H and O–H groups in total. The summed E-state index contributed by atoms with van der Waals surface area (Å²) in [4.78, 5) is 5.03. The van der Waals surface area contributed by atoms with Crippen LogP contribution in [0.5, 0.6) is 11.5 Å². The molecule has 0 aliphatic rings. The van der Waals surface area contributed by atoms with Gasteiger partial charge in [0, 0.05) is 6.92 Å². The van der Waals surface area contributed by atoms with E-state index in [4.69, 9.17) is 65.5 Å². The molecule has 0 aromatic heterocycles. The Morgan fingerprint density at radius 3 is 2.16 bits per heavy atom. The molecule has 9 heteroatoms. The lowest BCUT2D eigenvalue weighted by Crippen LogP contribution is -2.15. The van der Waals surface area contributed by atoms with E-state index in [-0.39, 0.29) is 21.7 Å². The zero-order valence-corrected chi connectivity index (χ0v) is 22.0. The minimum atomic E-state index is 0.0310. The molecule has 0 spiro atoms. The van der Waals surface area contributed by atoms with Crippen molar-refractivity contribution in [2.24, 2.45) is 5.16 Å². The van der Waals surface area contributed by atoms with E-state index in [1.54, 1.807) is 13.0 Å². The first-order valence-electron chi connectivity index (χ1n) is 10.5. The van der Waals surface area contributed by atoms with Gasteiger partial charge in [-0.3, -0.25) is 0 Å². The van der Waals surface area contributed by atoms with E-state index in [1.807, 2.05) is 12.1 Å². The summed E-state index contributed by atoms with van der Waals surface area (Å²) in [5.74, 6) is 2.15. The molecule has 1 atom stereocenters. The molecule has 1 rings (SSSR count). The molecule has 1 aromatic carbocycles. The van der Waals surface area contributed by atoms with Gasteiger partial charge in [0.15, 0.2) is 0 Å². The van der Waals surface area contributed by atoms with Crippen LogP contribution < -0.4 is 9.47 Å². The molecular formula is C23H31Cl4NO4. The Morgan fingerprint density at radius 1 is 1.00 bits per heavy atom. The van der Waals surface area contributed by atoms with Crippen LogP contribution in [-0.2, 0) is 22.4 Å². The molecule has 1 aromatic rings. The Balaban J connectivity index is 2.58. The number of rotatable bonds is 14. The van der Waals surface area contributed by atoms with Crippen LogP contribution >= 0.6 is 46.4 Å². The summed E-state index contributed by atoms with van der Waals surface area (Å²) in [7, 11) is 0. The third kappa shape index (κ3) is 12.1. The molecule has 0 saturated heterocycles. The number of hydrogen-bond acceptors (Lipinski definition) is 5. The molecule has 32 heavy (non-hydrogen) atoms. The van der Waals surface area contributed by atoms with Gasteiger partial charge in [0.2, 0.25) is 5.90 Å². The molecule has 1 unspecified atom stereocenters. The van der Waals surface area contributed by atoms with E-state index in [9.17, 15) is 0 Å². The molecule has 0 heterocycles. The topological polar surface area (TPSA) is 49.3 Å². The van der Waals surface area contributed by atoms with Gasteiger partial charge >= 0.3 is 0 Å². The van der Waals surface area contributed by atoms with Crippen LogP contribution in [0.4, 0.5) is 0 Å². The lowest BCUT2D eigenvalue weighted by molar-refractivity contribution is 0.153. The zero-order valence-electron chi connectivity index (χ0n) is 18.9. The van der Waals surface area contributed by atoms with Crippen molar-refractivity contribution in [3.05, 3.63) is 44.4 Å². The molecule has 0 fully saturated rings. The van der Waals surface area contributed by atoms with Crippen molar-refractivity contribution in [3.63, 3.8) is 0 Å². The van der Waals surface area contributed by atoms with Crippen LogP contribution in [0.15, 0.2) is 38.4 Å². The Bertz CT molecular complexity index is 763. The van der Waals surface area contributed by atoms with Gasteiger partial charge in [0.1, 0.15) is 33.7 Å². The van der Waals surface area contributed by atoms with E-state index in [2.05, 4.69) is 25.9 Å². The summed E-state index contributed by atoms with van der Waals surface area (Å²) >= 11 is 22.3. The Morgan fingerprint density at radius 2 is 1.59 bits per heavy atom. The summed E-state index contributed by atoms with van der Waals surface area (Å²) in [6, 6.07) is 4.01. The van der Waals surface area contributed by atoms with Gasteiger partial charge in [-0.2, -0.15) is 0 Å². The number of aryl methyl sites for hydroxylation is 2. The van der Waals surface area contributed by atoms with Crippen molar-refractivity contribution in [3.8, 4) is 11.5 Å². The summed E-state index contributed by atoms with van der Waals surface area (Å²) in [5, 5.41) is 3.84. The van der Waals surface area contributed by atoms with E-state index in [0.29, 0.717) is 19.1 Å². The summed E-state index contributed by atoms with van der Waals surface area (Å²) < 4.78 is 18.0. The average molecular weight is 527 g/mol. The van der Waals surface area contributed by atoms with Gasteiger partial charge < -0.3 is 19.0 Å². The number of hydrogen-bond donors (Lipinski definition) is 0. The molecule has 5 nitrogen and oxygen atoms in total. The average Bonchev–Trinajstić information content (AvgIpc) is 2.74. The molecule has 0 amide bonds. The van der Waals surface area contributed by atoms with Crippen molar-refractivity contribution in [1.29, 1.82) is 0 Å². The fourth-order valence-corrected chi connectivity index (χ4v) is 3.04. The smallest absolute Gasteiger partial charge is 0.222 e.